The van der Waals surface area contributed by atoms with E-state index in [9.17, 15) is 4.79 Å². The van der Waals surface area contributed by atoms with Gasteiger partial charge in [0.1, 0.15) is 0 Å². The second-order valence-corrected chi connectivity index (χ2v) is 4.94. The number of carbonyl (C=O) groups excluding carboxylic acids is 1. The third-order valence-corrected chi connectivity index (χ3v) is 3.69. The molecule has 0 aromatic carbocycles. The van der Waals surface area contributed by atoms with E-state index in [1.165, 1.54) is 25.7 Å². The van der Waals surface area contributed by atoms with Crippen molar-refractivity contribution >= 4 is 5.91 Å². The summed E-state index contributed by atoms with van der Waals surface area (Å²) in [6, 6.07) is 0. The van der Waals surface area contributed by atoms with Crippen molar-refractivity contribution in [2.24, 2.45) is 11.8 Å². The summed E-state index contributed by atoms with van der Waals surface area (Å²) in [5, 5.41) is 6.49. The number of hydrogen-bond acceptors (Lipinski definition) is 2. The Labute approximate surface area is 92.0 Å². The number of rotatable bonds is 3. The molecule has 2 aliphatic rings. The Kier molecular flexibility index (Phi) is 4.01. The van der Waals surface area contributed by atoms with Crippen LogP contribution < -0.4 is 10.6 Å². The molecule has 1 aliphatic carbocycles. The molecule has 3 heteroatoms. The highest BCUT2D eigenvalue weighted by Crippen LogP contribution is 2.24. The molecule has 1 saturated carbocycles. The highest BCUT2D eigenvalue weighted by molar-refractivity contribution is 5.78. The van der Waals surface area contributed by atoms with Gasteiger partial charge >= 0.3 is 0 Å². The Hall–Kier alpha value is -0.570. The first-order valence-corrected chi connectivity index (χ1v) is 6.34. The monoisotopic (exact) mass is 210 g/mol. The van der Waals surface area contributed by atoms with Gasteiger partial charge in [-0.1, -0.05) is 12.8 Å². The van der Waals surface area contributed by atoms with E-state index in [2.05, 4.69) is 10.6 Å². The van der Waals surface area contributed by atoms with Crippen molar-refractivity contribution < 1.29 is 4.79 Å². The number of hydrogen-bond donors (Lipinski definition) is 2. The molecule has 1 amide bonds. The van der Waals surface area contributed by atoms with Gasteiger partial charge in [-0.15, -0.1) is 0 Å². The zero-order chi connectivity index (χ0) is 10.5. The number of carbonyl (C=O) groups is 1. The first kappa shape index (κ1) is 10.9. The minimum Gasteiger partial charge on any atom is -0.356 e. The fourth-order valence-corrected chi connectivity index (χ4v) is 2.68. The normalized spacial score (nSPS) is 27.9. The molecule has 1 atom stereocenters. The first-order valence-electron chi connectivity index (χ1n) is 6.34. The van der Waals surface area contributed by atoms with Crippen molar-refractivity contribution in [1.29, 1.82) is 0 Å². The van der Waals surface area contributed by atoms with Crippen LogP contribution in [-0.2, 0) is 4.79 Å². The van der Waals surface area contributed by atoms with Crippen molar-refractivity contribution in [2.45, 2.75) is 38.5 Å². The van der Waals surface area contributed by atoms with Crippen molar-refractivity contribution in [2.75, 3.05) is 19.6 Å². The molecular weight excluding hydrogens is 188 g/mol. The molecule has 1 aliphatic heterocycles. The summed E-state index contributed by atoms with van der Waals surface area (Å²) in [5.74, 6) is 1.28. The maximum atomic E-state index is 11.8. The minimum absolute atomic E-state index is 0.304. The Bertz CT molecular complexity index is 206. The van der Waals surface area contributed by atoms with Gasteiger partial charge < -0.3 is 10.6 Å². The quantitative estimate of drug-likeness (QED) is 0.737. The fraction of sp³-hybridized carbons (Fsp3) is 0.917. The molecule has 2 fully saturated rings. The van der Waals surface area contributed by atoms with Crippen molar-refractivity contribution in [3.05, 3.63) is 0 Å². The van der Waals surface area contributed by atoms with E-state index in [0.717, 1.165) is 32.5 Å². The van der Waals surface area contributed by atoms with E-state index >= 15 is 0 Å². The Morgan fingerprint density at radius 3 is 2.67 bits per heavy atom. The molecule has 0 spiro atoms. The van der Waals surface area contributed by atoms with Crippen molar-refractivity contribution in [1.82, 2.24) is 10.6 Å². The SMILES string of the molecule is O=C(NCC1CCCNC1)C1CCCC1. The second-order valence-electron chi connectivity index (χ2n) is 4.94. The number of nitrogens with one attached hydrogen (secondary N) is 2. The van der Waals surface area contributed by atoms with Crippen LogP contribution in [-0.4, -0.2) is 25.5 Å². The molecule has 1 heterocycles. The number of piperidine rings is 1. The third kappa shape index (κ3) is 3.20. The predicted octanol–water partition coefficient (Wildman–Crippen LogP) is 1.29. The van der Waals surface area contributed by atoms with Gasteiger partial charge in [-0.2, -0.15) is 0 Å². The molecule has 0 bridgehead atoms. The zero-order valence-electron chi connectivity index (χ0n) is 9.43. The molecule has 3 nitrogen and oxygen atoms in total. The van der Waals surface area contributed by atoms with Gasteiger partial charge in [0, 0.05) is 12.5 Å². The van der Waals surface area contributed by atoms with E-state index in [1.807, 2.05) is 0 Å². The molecule has 1 unspecified atom stereocenters. The van der Waals surface area contributed by atoms with Crippen LogP contribution in [0.25, 0.3) is 0 Å². The fourth-order valence-electron chi connectivity index (χ4n) is 2.68. The first-order chi connectivity index (χ1) is 7.36. The second kappa shape index (κ2) is 5.50. The summed E-state index contributed by atoms with van der Waals surface area (Å²) >= 11 is 0. The van der Waals surface area contributed by atoms with E-state index < -0.39 is 0 Å². The van der Waals surface area contributed by atoms with Crippen LogP contribution in [0.5, 0.6) is 0 Å². The van der Waals surface area contributed by atoms with Gasteiger partial charge in [0.15, 0.2) is 0 Å². The lowest BCUT2D eigenvalue weighted by Gasteiger charge is -2.23. The van der Waals surface area contributed by atoms with E-state index in [-0.39, 0.29) is 0 Å². The molecule has 1 saturated heterocycles. The van der Waals surface area contributed by atoms with Gasteiger partial charge in [0.25, 0.3) is 0 Å². The van der Waals surface area contributed by atoms with Gasteiger partial charge in [0.2, 0.25) is 5.91 Å². The summed E-state index contributed by atoms with van der Waals surface area (Å²) in [5.41, 5.74) is 0. The summed E-state index contributed by atoms with van der Waals surface area (Å²) in [6.45, 7) is 3.10. The Morgan fingerprint density at radius 1 is 1.20 bits per heavy atom. The molecule has 86 valence electrons. The molecule has 0 aromatic heterocycles. The lowest BCUT2D eigenvalue weighted by atomic mass is 9.99. The third-order valence-electron chi connectivity index (χ3n) is 3.69. The molecule has 0 aromatic rings. The Morgan fingerprint density at radius 2 is 2.00 bits per heavy atom. The average molecular weight is 210 g/mol. The Balaban J connectivity index is 1.65. The molecule has 0 radical (unpaired) electrons. The lowest BCUT2D eigenvalue weighted by molar-refractivity contribution is -0.125. The topological polar surface area (TPSA) is 41.1 Å². The van der Waals surface area contributed by atoms with Gasteiger partial charge in [-0.25, -0.2) is 0 Å². The van der Waals surface area contributed by atoms with E-state index in [0.29, 0.717) is 17.7 Å². The van der Waals surface area contributed by atoms with Crippen LogP contribution >= 0.6 is 0 Å². The molecule has 15 heavy (non-hydrogen) atoms. The standard InChI is InChI=1S/C12H22N2O/c15-12(11-5-1-2-6-11)14-9-10-4-3-7-13-8-10/h10-11,13H,1-9H2,(H,14,15). The average Bonchev–Trinajstić information content (AvgIpc) is 2.81. The van der Waals surface area contributed by atoms with Gasteiger partial charge in [-0.3, -0.25) is 4.79 Å². The van der Waals surface area contributed by atoms with Crippen LogP contribution in [0.1, 0.15) is 38.5 Å². The minimum atomic E-state index is 0.304. The van der Waals surface area contributed by atoms with Crippen LogP contribution in [0.15, 0.2) is 0 Å². The number of amides is 1. The zero-order valence-corrected chi connectivity index (χ0v) is 9.43. The maximum Gasteiger partial charge on any atom is 0.223 e. The predicted molar refractivity (Wildman–Crippen MR) is 60.6 cm³/mol. The van der Waals surface area contributed by atoms with Crippen LogP contribution in [0, 0.1) is 11.8 Å². The molecule has 2 rings (SSSR count). The highest BCUT2D eigenvalue weighted by Gasteiger charge is 2.23. The summed E-state index contributed by atoms with van der Waals surface area (Å²) < 4.78 is 0. The van der Waals surface area contributed by atoms with Crippen molar-refractivity contribution in [3.8, 4) is 0 Å². The summed E-state index contributed by atoms with van der Waals surface area (Å²) in [6.07, 6.45) is 7.21. The van der Waals surface area contributed by atoms with Crippen LogP contribution in [0.4, 0.5) is 0 Å². The van der Waals surface area contributed by atoms with Crippen LogP contribution in [0.3, 0.4) is 0 Å². The van der Waals surface area contributed by atoms with E-state index in [1.54, 1.807) is 0 Å². The van der Waals surface area contributed by atoms with Gasteiger partial charge in [-0.05, 0) is 44.7 Å². The highest BCUT2D eigenvalue weighted by atomic mass is 16.1. The van der Waals surface area contributed by atoms with Crippen LogP contribution in [0.2, 0.25) is 0 Å². The van der Waals surface area contributed by atoms with E-state index in [4.69, 9.17) is 0 Å². The maximum absolute atomic E-state index is 11.8. The smallest absolute Gasteiger partial charge is 0.223 e. The summed E-state index contributed by atoms with van der Waals surface area (Å²) in [7, 11) is 0. The lowest BCUT2D eigenvalue weighted by Crippen LogP contribution is -2.39. The molecular formula is C12H22N2O. The molecule has 2 N–H and O–H groups in total. The van der Waals surface area contributed by atoms with Crippen molar-refractivity contribution in [3.63, 3.8) is 0 Å². The largest absolute Gasteiger partial charge is 0.356 e. The van der Waals surface area contributed by atoms with Gasteiger partial charge in [0.05, 0.1) is 0 Å². The summed E-state index contributed by atoms with van der Waals surface area (Å²) in [4.78, 5) is 11.8.